The number of nitrogen functional groups attached to an aromatic ring is 1. The Morgan fingerprint density at radius 3 is 2.64 bits per heavy atom. The number of hydrazine groups is 1. The van der Waals surface area contributed by atoms with Crippen molar-refractivity contribution in [2.45, 2.75) is 0 Å². The number of carbonyl (C=O) groups excluding carboxylic acids is 1. The molecule has 0 aromatic heterocycles. The van der Waals surface area contributed by atoms with Crippen LogP contribution in [0.25, 0.3) is 6.08 Å². The minimum Gasteiger partial charge on any atom is -0.398 e. The Bertz CT molecular complexity index is 372. The third-order valence-corrected chi connectivity index (χ3v) is 1.86. The van der Waals surface area contributed by atoms with Crippen LogP contribution >= 0.6 is 0 Å². The van der Waals surface area contributed by atoms with Gasteiger partial charge < -0.3 is 5.73 Å². The highest BCUT2D eigenvalue weighted by Gasteiger charge is 2.11. The van der Waals surface area contributed by atoms with Gasteiger partial charge in [0, 0.05) is 12.7 Å². The summed E-state index contributed by atoms with van der Waals surface area (Å²) in [6.07, 6.45) is 1.66. The predicted octanol–water partition coefficient (Wildman–Crippen LogP) is 0.858. The molecule has 4 heteroatoms. The van der Waals surface area contributed by atoms with Crippen LogP contribution < -0.4 is 11.6 Å². The van der Waals surface area contributed by atoms with E-state index in [0.29, 0.717) is 11.3 Å². The number of anilines is 1. The fourth-order valence-corrected chi connectivity index (χ4v) is 1.09. The molecule has 0 saturated heterocycles. The predicted molar refractivity (Wildman–Crippen MR) is 57.2 cm³/mol. The molecule has 1 aromatic rings. The Labute approximate surface area is 82.8 Å². The molecule has 1 rings (SSSR count). The van der Waals surface area contributed by atoms with E-state index < -0.39 is 0 Å². The molecule has 0 spiro atoms. The quantitative estimate of drug-likeness (QED) is 0.315. The lowest BCUT2D eigenvalue weighted by atomic mass is 10.1. The molecule has 74 valence electrons. The van der Waals surface area contributed by atoms with Crippen LogP contribution in [0.2, 0.25) is 0 Å². The average molecular weight is 191 g/mol. The highest BCUT2D eigenvalue weighted by molar-refractivity contribution is 5.99. The smallest absolute Gasteiger partial charge is 0.269 e. The lowest BCUT2D eigenvalue weighted by Gasteiger charge is -2.11. The zero-order valence-corrected chi connectivity index (χ0v) is 8.03. The van der Waals surface area contributed by atoms with Crippen molar-refractivity contribution < 1.29 is 4.79 Å². The van der Waals surface area contributed by atoms with Gasteiger partial charge in [0.1, 0.15) is 0 Å². The number of carbonyl (C=O) groups is 1. The monoisotopic (exact) mass is 191 g/mol. The molecule has 1 amide bonds. The summed E-state index contributed by atoms with van der Waals surface area (Å²) < 4.78 is 0. The fourth-order valence-electron chi connectivity index (χ4n) is 1.09. The molecular formula is C10H13N3O. The number of benzene rings is 1. The van der Waals surface area contributed by atoms with E-state index >= 15 is 0 Å². The molecule has 0 heterocycles. The summed E-state index contributed by atoms with van der Waals surface area (Å²) >= 11 is 0. The summed E-state index contributed by atoms with van der Waals surface area (Å²) in [6.45, 7) is 3.61. The maximum atomic E-state index is 11.5. The first-order valence-corrected chi connectivity index (χ1v) is 4.11. The van der Waals surface area contributed by atoms with E-state index in [2.05, 4.69) is 6.58 Å². The van der Waals surface area contributed by atoms with Crippen LogP contribution in [0.5, 0.6) is 0 Å². The van der Waals surface area contributed by atoms with Gasteiger partial charge in [-0.1, -0.05) is 18.7 Å². The molecule has 0 aliphatic rings. The van der Waals surface area contributed by atoms with Gasteiger partial charge in [0.15, 0.2) is 0 Å². The molecule has 4 N–H and O–H groups in total. The fraction of sp³-hybridized carbons (Fsp3) is 0.100. The molecule has 0 aliphatic heterocycles. The second kappa shape index (κ2) is 3.93. The van der Waals surface area contributed by atoms with E-state index in [1.165, 1.54) is 7.05 Å². The van der Waals surface area contributed by atoms with Crippen LogP contribution in [0.15, 0.2) is 24.8 Å². The molecule has 0 fully saturated rings. The number of rotatable bonds is 2. The van der Waals surface area contributed by atoms with Crippen molar-refractivity contribution in [1.82, 2.24) is 5.01 Å². The number of hydrogen-bond acceptors (Lipinski definition) is 3. The lowest BCUT2D eigenvalue weighted by molar-refractivity contribution is 0.0796. The average Bonchev–Trinajstić information content (AvgIpc) is 2.16. The second-order valence-electron chi connectivity index (χ2n) is 2.97. The van der Waals surface area contributed by atoms with E-state index in [9.17, 15) is 4.79 Å². The Kier molecular flexibility index (Phi) is 2.89. The van der Waals surface area contributed by atoms with Crippen molar-refractivity contribution in [3.05, 3.63) is 35.9 Å². The van der Waals surface area contributed by atoms with Crippen LogP contribution in [0, 0.1) is 0 Å². The number of nitrogens with two attached hydrogens (primary N) is 2. The van der Waals surface area contributed by atoms with Crippen molar-refractivity contribution in [3.63, 3.8) is 0 Å². The van der Waals surface area contributed by atoms with Crippen LogP contribution in [-0.2, 0) is 0 Å². The minimum atomic E-state index is -0.307. The molecular weight excluding hydrogens is 178 g/mol. The summed E-state index contributed by atoms with van der Waals surface area (Å²) in [5, 5.41) is 0.999. The molecule has 0 unspecified atom stereocenters. The van der Waals surface area contributed by atoms with Crippen LogP contribution in [0.1, 0.15) is 15.9 Å². The third-order valence-electron chi connectivity index (χ3n) is 1.86. The number of nitrogens with zero attached hydrogens (tertiary/aromatic N) is 1. The summed E-state index contributed by atoms with van der Waals surface area (Å²) in [4.78, 5) is 11.5. The zero-order chi connectivity index (χ0) is 10.7. The number of hydrogen-bond donors (Lipinski definition) is 2. The van der Waals surface area contributed by atoms with Crippen molar-refractivity contribution in [1.29, 1.82) is 0 Å². The highest BCUT2D eigenvalue weighted by atomic mass is 16.2. The first kappa shape index (κ1) is 10.3. The largest absolute Gasteiger partial charge is 0.398 e. The van der Waals surface area contributed by atoms with Crippen LogP contribution in [0.4, 0.5) is 5.69 Å². The van der Waals surface area contributed by atoms with Gasteiger partial charge in [-0.2, -0.15) is 0 Å². The molecule has 0 aliphatic carbocycles. The van der Waals surface area contributed by atoms with Gasteiger partial charge in [-0.25, -0.2) is 5.84 Å². The normalized spacial score (nSPS) is 9.57. The third kappa shape index (κ3) is 1.92. The highest BCUT2D eigenvalue weighted by Crippen LogP contribution is 2.15. The Hall–Kier alpha value is -1.81. The Balaban J connectivity index is 3.12. The van der Waals surface area contributed by atoms with Gasteiger partial charge in [-0.05, 0) is 17.7 Å². The van der Waals surface area contributed by atoms with Crippen molar-refractivity contribution >= 4 is 17.7 Å². The first-order chi connectivity index (χ1) is 6.56. The van der Waals surface area contributed by atoms with Gasteiger partial charge in [0.2, 0.25) is 0 Å². The molecule has 1 aromatic carbocycles. The molecule has 4 nitrogen and oxygen atoms in total. The van der Waals surface area contributed by atoms with E-state index in [1.54, 1.807) is 24.3 Å². The van der Waals surface area contributed by atoms with Gasteiger partial charge in [-0.15, -0.1) is 0 Å². The molecule has 0 atom stereocenters. The van der Waals surface area contributed by atoms with E-state index in [0.717, 1.165) is 10.6 Å². The molecule has 14 heavy (non-hydrogen) atoms. The van der Waals surface area contributed by atoms with Gasteiger partial charge in [-0.3, -0.25) is 9.80 Å². The van der Waals surface area contributed by atoms with E-state index in [1.807, 2.05) is 0 Å². The van der Waals surface area contributed by atoms with Crippen molar-refractivity contribution in [2.24, 2.45) is 5.84 Å². The van der Waals surface area contributed by atoms with E-state index in [4.69, 9.17) is 11.6 Å². The standard InChI is InChI=1S/C10H13N3O/c1-3-7-4-5-8(9(11)6-7)10(14)13(2)12/h3-6H,1,11-12H2,2H3. The van der Waals surface area contributed by atoms with Gasteiger partial charge in [0.25, 0.3) is 5.91 Å². The van der Waals surface area contributed by atoms with Crippen LogP contribution in [0.3, 0.4) is 0 Å². The SMILES string of the molecule is C=Cc1ccc(C(=O)N(C)N)c(N)c1. The lowest BCUT2D eigenvalue weighted by Crippen LogP contribution is -2.33. The molecule has 0 saturated carbocycles. The Morgan fingerprint density at radius 2 is 2.21 bits per heavy atom. The first-order valence-electron chi connectivity index (χ1n) is 4.11. The van der Waals surface area contributed by atoms with E-state index in [-0.39, 0.29) is 5.91 Å². The minimum absolute atomic E-state index is 0.307. The summed E-state index contributed by atoms with van der Waals surface area (Å²) in [6, 6.07) is 5.09. The van der Waals surface area contributed by atoms with Crippen molar-refractivity contribution in [2.75, 3.05) is 12.8 Å². The zero-order valence-electron chi connectivity index (χ0n) is 8.03. The maximum Gasteiger partial charge on any atom is 0.269 e. The number of amides is 1. The molecule has 0 bridgehead atoms. The van der Waals surface area contributed by atoms with Crippen molar-refractivity contribution in [3.8, 4) is 0 Å². The summed E-state index contributed by atoms with van der Waals surface area (Å²) in [5.41, 5.74) is 7.37. The van der Waals surface area contributed by atoms with Gasteiger partial charge >= 0.3 is 0 Å². The maximum absolute atomic E-state index is 11.5. The second-order valence-corrected chi connectivity index (χ2v) is 2.97. The summed E-state index contributed by atoms with van der Waals surface area (Å²) in [7, 11) is 1.48. The molecule has 0 radical (unpaired) electrons. The summed E-state index contributed by atoms with van der Waals surface area (Å²) in [5.74, 6) is 5.01. The van der Waals surface area contributed by atoms with Gasteiger partial charge in [0.05, 0.1) is 5.56 Å². The Morgan fingerprint density at radius 1 is 1.57 bits per heavy atom. The topological polar surface area (TPSA) is 72.3 Å². The van der Waals surface area contributed by atoms with Crippen LogP contribution in [-0.4, -0.2) is 18.0 Å².